The molecule has 10 N–H and O–H groups in total. The maximum absolute atomic E-state index is 13.4. The van der Waals surface area contributed by atoms with Crippen LogP contribution >= 0.6 is 0 Å². The number of alkyl halides is 3. The molecule has 0 radical (unpaired) electrons. The van der Waals surface area contributed by atoms with Crippen LogP contribution in [0.3, 0.4) is 0 Å². The van der Waals surface area contributed by atoms with Crippen molar-refractivity contribution >= 4 is 36.0 Å². The summed E-state index contributed by atoms with van der Waals surface area (Å²) in [6.07, 6.45) is -2.39. The van der Waals surface area contributed by atoms with E-state index in [9.17, 15) is 32.6 Å². The highest BCUT2D eigenvalue weighted by molar-refractivity contribution is 6.62. The number of rotatable bonds is 11. The molecule has 3 amide bonds. The Morgan fingerprint density at radius 1 is 1.02 bits per heavy atom. The van der Waals surface area contributed by atoms with Gasteiger partial charge in [0.2, 0.25) is 17.7 Å². The van der Waals surface area contributed by atoms with Gasteiger partial charge in [0.05, 0.1) is 17.2 Å². The number of halogens is 3. The average molecular weight is 647 g/mol. The van der Waals surface area contributed by atoms with Crippen LogP contribution in [0.4, 0.5) is 18.9 Å². The minimum atomic E-state index is -4.48. The quantitative estimate of drug-likeness (QED) is 0.177. The largest absolute Gasteiger partial charge is 0.492 e. The Hall–Kier alpha value is -3.50. The SMILES string of the molecule is CC1(C)OB(O)c2cc(NC(=O)[C@@H](CCc3ccc(C(F)(F)F)cc3)NC(=O)[C@@H](N)CCC(=O)N[C@@H]3C[C@H](N)C[C@H](N)C3)ccc21. The van der Waals surface area contributed by atoms with E-state index >= 15 is 0 Å². The fourth-order valence-corrected chi connectivity index (χ4v) is 5.99. The first-order chi connectivity index (χ1) is 21.5. The third-order valence-electron chi connectivity index (χ3n) is 8.44. The molecule has 0 saturated heterocycles. The van der Waals surface area contributed by atoms with Crippen LogP contribution in [0.25, 0.3) is 0 Å². The highest BCUT2D eigenvalue weighted by Gasteiger charge is 2.40. The number of anilines is 1. The molecule has 2 aliphatic rings. The van der Waals surface area contributed by atoms with Crippen LogP contribution < -0.4 is 38.6 Å². The number of carbonyl (C=O) groups excluding carboxylic acids is 3. The van der Waals surface area contributed by atoms with Crippen molar-refractivity contribution in [2.75, 3.05) is 5.32 Å². The van der Waals surface area contributed by atoms with E-state index < -0.39 is 48.4 Å². The third kappa shape index (κ3) is 9.29. The predicted octanol–water partition coefficient (Wildman–Crippen LogP) is 1.15. The maximum Gasteiger partial charge on any atom is 0.492 e. The molecule has 0 spiro atoms. The van der Waals surface area contributed by atoms with Crippen LogP contribution in [0, 0.1) is 0 Å². The van der Waals surface area contributed by atoms with Crippen LogP contribution in [0.2, 0.25) is 0 Å². The lowest BCUT2D eigenvalue weighted by molar-refractivity contribution is -0.137. The Bertz CT molecular complexity index is 1400. The van der Waals surface area contributed by atoms with Crippen LogP contribution in [-0.2, 0) is 37.2 Å². The first kappa shape index (κ1) is 35.4. The Balaban J connectivity index is 1.40. The van der Waals surface area contributed by atoms with Crippen molar-refractivity contribution in [2.24, 2.45) is 17.2 Å². The van der Waals surface area contributed by atoms with Gasteiger partial charge in [-0.2, -0.15) is 13.2 Å². The molecule has 46 heavy (non-hydrogen) atoms. The van der Waals surface area contributed by atoms with E-state index in [1.54, 1.807) is 32.0 Å². The van der Waals surface area contributed by atoms with Gasteiger partial charge in [-0.1, -0.05) is 18.2 Å². The zero-order valence-electron chi connectivity index (χ0n) is 25.9. The van der Waals surface area contributed by atoms with Crippen molar-refractivity contribution in [1.29, 1.82) is 0 Å². The number of hydrogen-bond donors (Lipinski definition) is 7. The summed E-state index contributed by atoms with van der Waals surface area (Å²) in [5.74, 6) is -1.55. The van der Waals surface area contributed by atoms with Gasteiger partial charge in [0, 0.05) is 30.2 Å². The highest BCUT2D eigenvalue weighted by atomic mass is 19.4. The lowest BCUT2D eigenvalue weighted by Crippen LogP contribution is -2.51. The molecule has 1 fully saturated rings. The molecule has 0 unspecified atom stereocenters. The van der Waals surface area contributed by atoms with Gasteiger partial charge >= 0.3 is 13.3 Å². The number of carbonyl (C=O) groups is 3. The molecule has 0 bridgehead atoms. The van der Waals surface area contributed by atoms with Crippen LogP contribution in [0.5, 0.6) is 0 Å². The molecule has 15 heteroatoms. The zero-order valence-corrected chi connectivity index (χ0v) is 25.9. The molecule has 5 atom stereocenters. The van der Waals surface area contributed by atoms with Gasteiger partial charge in [-0.15, -0.1) is 0 Å². The predicted molar refractivity (Wildman–Crippen MR) is 167 cm³/mol. The molecule has 4 rings (SSSR count). The zero-order chi connectivity index (χ0) is 33.8. The van der Waals surface area contributed by atoms with E-state index in [0.29, 0.717) is 36.0 Å². The highest BCUT2D eigenvalue weighted by Crippen LogP contribution is 2.31. The van der Waals surface area contributed by atoms with E-state index in [-0.39, 0.29) is 49.7 Å². The van der Waals surface area contributed by atoms with E-state index in [0.717, 1.165) is 17.7 Å². The van der Waals surface area contributed by atoms with E-state index in [1.807, 2.05) is 0 Å². The first-order valence-corrected chi connectivity index (χ1v) is 15.4. The van der Waals surface area contributed by atoms with Crippen LogP contribution in [0.1, 0.15) is 69.1 Å². The number of nitrogens with one attached hydrogen (secondary N) is 3. The number of hydrogen-bond acceptors (Lipinski definition) is 8. The Morgan fingerprint density at radius 3 is 2.30 bits per heavy atom. The second kappa shape index (κ2) is 14.5. The molecule has 2 aromatic rings. The monoisotopic (exact) mass is 646 g/mol. The lowest BCUT2D eigenvalue weighted by Gasteiger charge is -2.31. The standard InChI is InChI=1S/C31H42BF3N6O5/c1-30(2)23-9-8-21(16-24(23)32(45)46-30)40-29(44)26(11-5-17-3-6-18(7-4-17)31(33,34)35)41-28(43)25(38)10-12-27(42)39-22-14-19(36)13-20(37)15-22/h3-4,6-9,16,19-20,22,25-26,45H,5,10-15,36-38H2,1-2H3,(H,39,42)(H,40,44)(H,41,43)/t19-,20+,22-,25-,26+/m0/s1. The molecule has 250 valence electrons. The maximum atomic E-state index is 13.4. The minimum Gasteiger partial charge on any atom is -0.423 e. The van der Waals surface area contributed by atoms with Gasteiger partial charge in [-0.05, 0) is 93.2 Å². The Kier molecular flexibility index (Phi) is 11.2. The summed E-state index contributed by atoms with van der Waals surface area (Å²) in [5, 5.41) is 18.6. The van der Waals surface area contributed by atoms with Crippen LogP contribution in [0.15, 0.2) is 42.5 Å². The lowest BCUT2D eigenvalue weighted by atomic mass is 9.78. The van der Waals surface area contributed by atoms with Gasteiger partial charge in [0.1, 0.15) is 6.04 Å². The first-order valence-electron chi connectivity index (χ1n) is 15.4. The number of aryl methyl sites for hydroxylation is 1. The minimum absolute atomic E-state index is 0.00817. The summed E-state index contributed by atoms with van der Waals surface area (Å²) in [5.41, 5.74) is 18.7. The summed E-state index contributed by atoms with van der Waals surface area (Å²) in [6.45, 7) is 3.61. The van der Waals surface area contributed by atoms with E-state index in [2.05, 4.69) is 16.0 Å². The second-order valence-corrected chi connectivity index (χ2v) is 12.7. The Labute approximate surface area is 266 Å². The van der Waals surface area contributed by atoms with Gasteiger partial charge in [-0.25, -0.2) is 0 Å². The third-order valence-corrected chi connectivity index (χ3v) is 8.44. The molecule has 11 nitrogen and oxygen atoms in total. The second-order valence-electron chi connectivity index (χ2n) is 12.7. The summed E-state index contributed by atoms with van der Waals surface area (Å²) >= 11 is 0. The molecule has 1 aliphatic heterocycles. The van der Waals surface area contributed by atoms with Crippen molar-refractivity contribution in [1.82, 2.24) is 10.6 Å². The van der Waals surface area contributed by atoms with E-state index in [1.165, 1.54) is 12.1 Å². The smallest absolute Gasteiger partial charge is 0.423 e. The summed E-state index contributed by atoms with van der Waals surface area (Å²) < 4.78 is 44.6. The molecule has 1 heterocycles. The molecular formula is C31H42BF3N6O5. The van der Waals surface area contributed by atoms with Crippen molar-refractivity contribution < 1.29 is 37.2 Å². The molecule has 1 saturated carbocycles. The Morgan fingerprint density at radius 2 is 1.67 bits per heavy atom. The number of benzene rings is 2. The van der Waals surface area contributed by atoms with Crippen LogP contribution in [-0.4, -0.2) is 60.1 Å². The fourth-order valence-electron chi connectivity index (χ4n) is 5.99. The van der Waals surface area contributed by atoms with Crippen molar-refractivity contribution in [3.05, 3.63) is 59.2 Å². The summed E-state index contributed by atoms with van der Waals surface area (Å²) in [4.78, 5) is 39.0. The molecule has 0 aromatic heterocycles. The normalized spacial score (nSPS) is 22.0. The van der Waals surface area contributed by atoms with E-state index in [4.69, 9.17) is 21.9 Å². The van der Waals surface area contributed by atoms with Gasteiger partial charge in [0.25, 0.3) is 0 Å². The van der Waals surface area contributed by atoms with Crippen molar-refractivity contribution in [3.63, 3.8) is 0 Å². The summed E-state index contributed by atoms with van der Waals surface area (Å²) in [6, 6.07) is 6.91. The molecular weight excluding hydrogens is 604 g/mol. The summed E-state index contributed by atoms with van der Waals surface area (Å²) in [7, 11) is -1.18. The number of nitrogens with two attached hydrogens (primary N) is 3. The number of amides is 3. The van der Waals surface area contributed by atoms with Crippen molar-refractivity contribution in [2.45, 2.75) is 101 Å². The van der Waals surface area contributed by atoms with Gasteiger partial charge in [-0.3, -0.25) is 14.4 Å². The van der Waals surface area contributed by atoms with Gasteiger partial charge < -0.3 is 42.8 Å². The van der Waals surface area contributed by atoms with Crippen molar-refractivity contribution in [3.8, 4) is 0 Å². The molecule has 1 aliphatic carbocycles. The molecule has 2 aromatic carbocycles. The topological polar surface area (TPSA) is 195 Å². The fraction of sp³-hybridized carbons (Fsp3) is 0.516. The number of fused-ring (bicyclic) bond motifs is 1. The average Bonchev–Trinajstić information content (AvgIpc) is 3.19. The van der Waals surface area contributed by atoms with Gasteiger partial charge in [0.15, 0.2) is 0 Å².